The van der Waals surface area contributed by atoms with E-state index in [1.54, 1.807) is 6.08 Å². The maximum atomic E-state index is 11.6. The second kappa shape index (κ2) is 4.74. The lowest BCUT2D eigenvalue weighted by molar-refractivity contribution is -0.112. The van der Waals surface area contributed by atoms with E-state index in [0.29, 0.717) is 24.4 Å². The van der Waals surface area contributed by atoms with Crippen LogP contribution in [0.4, 0.5) is 0 Å². The monoisotopic (exact) mass is 192 g/mol. The lowest BCUT2D eigenvalue weighted by atomic mass is 10.1. The molecule has 0 fully saturated rings. The number of nitrogens with two attached hydrogens (primary N) is 1. The van der Waals surface area contributed by atoms with Crippen molar-refractivity contribution in [3.05, 3.63) is 23.4 Å². The lowest BCUT2D eigenvalue weighted by Gasteiger charge is -2.03. The number of aliphatic imine (C=N–C) groups is 1. The van der Waals surface area contributed by atoms with E-state index in [1.165, 1.54) is 0 Å². The number of hydrogen-bond acceptors (Lipinski definition) is 3. The van der Waals surface area contributed by atoms with E-state index in [2.05, 4.69) is 4.99 Å². The summed E-state index contributed by atoms with van der Waals surface area (Å²) >= 11 is 0. The van der Waals surface area contributed by atoms with Crippen LogP contribution in [0, 0.1) is 0 Å². The van der Waals surface area contributed by atoms with E-state index in [9.17, 15) is 4.79 Å². The molecule has 0 radical (unpaired) electrons. The van der Waals surface area contributed by atoms with Gasteiger partial charge in [0.25, 0.3) is 0 Å². The first-order valence-electron chi connectivity index (χ1n) is 4.87. The molecule has 0 aromatic heterocycles. The zero-order chi connectivity index (χ0) is 10.6. The molecule has 1 heterocycles. The van der Waals surface area contributed by atoms with Crippen LogP contribution in [0.15, 0.2) is 28.4 Å². The number of allylic oxidation sites excluding steroid dienone is 3. The van der Waals surface area contributed by atoms with Crippen molar-refractivity contribution in [1.29, 1.82) is 0 Å². The molecule has 0 aliphatic carbocycles. The lowest BCUT2D eigenvalue weighted by Crippen LogP contribution is -2.21. The van der Waals surface area contributed by atoms with E-state index in [4.69, 9.17) is 5.73 Å². The molecule has 3 nitrogen and oxygen atoms in total. The summed E-state index contributed by atoms with van der Waals surface area (Å²) in [7, 11) is 0. The van der Waals surface area contributed by atoms with Gasteiger partial charge in [0.1, 0.15) is 5.71 Å². The first-order chi connectivity index (χ1) is 6.65. The van der Waals surface area contributed by atoms with Crippen LogP contribution in [0.1, 0.15) is 26.7 Å². The van der Waals surface area contributed by atoms with Crippen LogP contribution >= 0.6 is 0 Å². The van der Waals surface area contributed by atoms with Gasteiger partial charge in [-0.15, -0.1) is 0 Å². The molecule has 1 aliphatic rings. The average Bonchev–Trinajstić information content (AvgIpc) is 2.27. The molecule has 2 N–H and O–H groups in total. The molecule has 0 atom stereocenters. The Kier molecular flexibility index (Phi) is 3.63. The van der Waals surface area contributed by atoms with Crippen molar-refractivity contribution < 1.29 is 4.79 Å². The smallest absolute Gasteiger partial charge is 0.182 e. The van der Waals surface area contributed by atoms with Crippen LogP contribution in [0.2, 0.25) is 0 Å². The Balaban J connectivity index is 2.85. The molecule has 0 aromatic carbocycles. The summed E-state index contributed by atoms with van der Waals surface area (Å²) in [6.45, 7) is 4.47. The third kappa shape index (κ3) is 2.55. The van der Waals surface area contributed by atoms with E-state index in [-0.39, 0.29) is 5.78 Å². The summed E-state index contributed by atoms with van der Waals surface area (Å²) < 4.78 is 0. The second-order valence-electron chi connectivity index (χ2n) is 3.41. The molecular formula is C11H16N2O. The fraction of sp³-hybridized carbons (Fsp3) is 0.455. The molecule has 0 bridgehead atoms. The SMILES string of the molecule is CCCC(=O)C1=NCC=C(C)C=C1N. The third-order valence-electron chi connectivity index (χ3n) is 2.06. The first kappa shape index (κ1) is 10.7. The minimum atomic E-state index is 0.0457. The van der Waals surface area contributed by atoms with Gasteiger partial charge in [-0.2, -0.15) is 0 Å². The fourth-order valence-electron chi connectivity index (χ4n) is 1.34. The predicted octanol–water partition coefficient (Wildman–Crippen LogP) is 1.60. The zero-order valence-corrected chi connectivity index (χ0v) is 8.71. The van der Waals surface area contributed by atoms with Crippen molar-refractivity contribution >= 4 is 11.5 Å². The highest BCUT2D eigenvalue weighted by molar-refractivity contribution is 6.46. The Hall–Kier alpha value is -1.38. The Morgan fingerprint density at radius 1 is 1.64 bits per heavy atom. The minimum Gasteiger partial charge on any atom is -0.397 e. The quantitative estimate of drug-likeness (QED) is 0.738. The van der Waals surface area contributed by atoms with E-state index < -0.39 is 0 Å². The Morgan fingerprint density at radius 3 is 3.00 bits per heavy atom. The highest BCUT2D eigenvalue weighted by Crippen LogP contribution is 2.07. The number of ketones is 1. The summed E-state index contributed by atoms with van der Waals surface area (Å²) in [6, 6.07) is 0. The standard InChI is InChI=1S/C11H16N2O/c1-3-4-10(14)11-9(12)7-8(2)5-6-13-11/h5,7H,3-4,6,12H2,1-2H3. The van der Waals surface area contributed by atoms with Crippen LogP contribution in [-0.4, -0.2) is 18.0 Å². The van der Waals surface area contributed by atoms with Crippen LogP contribution in [-0.2, 0) is 4.79 Å². The van der Waals surface area contributed by atoms with Gasteiger partial charge in [-0.3, -0.25) is 9.79 Å². The topological polar surface area (TPSA) is 55.5 Å². The van der Waals surface area contributed by atoms with Crippen LogP contribution in [0.3, 0.4) is 0 Å². The first-order valence-corrected chi connectivity index (χ1v) is 4.87. The van der Waals surface area contributed by atoms with Crippen LogP contribution in [0.5, 0.6) is 0 Å². The van der Waals surface area contributed by atoms with Gasteiger partial charge in [0, 0.05) is 6.42 Å². The molecule has 1 aliphatic heterocycles. The van der Waals surface area contributed by atoms with E-state index >= 15 is 0 Å². The zero-order valence-electron chi connectivity index (χ0n) is 8.71. The Labute approximate surface area is 84.4 Å². The number of nitrogens with zero attached hydrogens (tertiary/aromatic N) is 1. The largest absolute Gasteiger partial charge is 0.397 e. The van der Waals surface area contributed by atoms with E-state index in [1.807, 2.05) is 19.9 Å². The second-order valence-corrected chi connectivity index (χ2v) is 3.41. The molecule has 0 saturated carbocycles. The van der Waals surface area contributed by atoms with Gasteiger partial charge < -0.3 is 5.73 Å². The molecule has 0 amide bonds. The number of carbonyl (C=O) groups is 1. The summed E-state index contributed by atoms with van der Waals surface area (Å²) in [5.74, 6) is 0.0457. The summed E-state index contributed by atoms with van der Waals surface area (Å²) in [6.07, 6.45) is 5.11. The normalized spacial score (nSPS) is 16.6. The van der Waals surface area contributed by atoms with Gasteiger partial charge in [-0.05, 0) is 19.4 Å². The van der Waals surface area contributed by atoms with Crippen molar-refractivity contribution in [3.8, 4) is 0 Å². The van der Waals surface area contributed by atoms with Gasteiger partial charge in [-0.1, -0.05) is 18.6 Å². The molecule has 1 rings (SSSR count). The molecule has 0 unspecified atom stereocenters. The van der Waals surface area contributed by atoms with Crippen molar-refractivity contribution in [3.63, 3.8) is 0 Å². The number of carbonyl (C=O) groups excluding carboxylic acids is 1. The molecule has 3 heteroatoms. The van der Waals surface area contributed by atoms with Crippen LogP contribution in [0.25, 0.3) is 0 Å². The Bertz CT molecular complexity index is 324. The van der Waals surface area contributed by atoms with Crippen molar-refractivity contribution in [1.82, 2.24) is 0 Å². The number of hydrogen-bond donors (Lipinski definition) is 1. The molecule has 14 heavy (non-hydrogen) atoms. The predicted molar refractivity (Wildman–Crippen MR) is 58.2 cm³/mol. The van der Waals surface area contributed by atoms with Crippen molar-refractivity contribution in [2.45, 2.75) is 26.7 Å². The maximum absolute atomic E-state index is 11.6. The number of rotatable bonds is 3. The average molecular weight is 192 g/mol. The number of Topliss-reactive ketones (excluding diaryl/α,β-unsaturated/α-hetero) is 1. The molecular weight excluding hydrogens is 176 g/mol. The fourth-order valence-corrected chi connectivity index (χ4v) is 1.34. The minimum absolute atomic E-state index is 0.0457. The third-order valence-corrected chi connectivity index (χ3v) is 2.06. The summed E-state index contributed by atoms with van der Waals surface area (Å²) in [5.41, 5.74) is 7.77. The van der Waals surface area contributed by atoms with Gasteiger partial charge in [0.15, 0.2) is 5.78 Å². The van der Waals surface area contributed by atoms with Crippen LogP contribution < -0.4 is 5.73 Å². The maximum Gasteiger partial charge on any atom is 0.182 e. The molecule has 0 aromatic rings. The van der Waals surface area contributed by atoms with Gasteiger partial charge in [0.05, 0.1) is 12.2 Å². The van der Waals surface area contributed by atoms with Gasteiger partial charge in [-0.25, -0.2) is 0 Å². The van der Waals surface area contributed by atoms with Crippen molar-refractivity contribution in [2.75, 3.05) is 6.54 Å². The van der Waals surface area contributed by atoms with E-state index in [0.717, 1.165) is 12.0 Å². The summed E-state index contributed by atoms with van der Waals surface area (Å²) in [5, 5.41) is 0. The molecule has 0 saturated heterocycles. The van der Waals surface area contributed by atoms with Gasteiger partial charge >= 0.3 is 0 Å². The molecule has 0 spiro atoms. The Morgan fingerprint density at radius 2 is 2.36 bits per heavy atom. The van der Waals surface area contributed by atoms with Crippen molar-refractivity contribution in [2.24, 2.45) is 10.7 Å². The highest BCUT2D eigenvalue weighted by Gasteiger charge is 2.14. The summed E-state index contributed by atoms with van der Waals surface area (Å²) in [4.78, 5) is 15.8. The van der Waals surface area contributed by atoms with Gasteiger partial charge in [0.2, 0.25) is 0 Å². The molecule has 76 valence electrons. The highest BCUT2D eigenvalue weighted by atomic mass is 16.1.